The molecule has 2 aromatic rings. The van der Waals surface area contributed by atoms with E-state index in [0.717, 1.165) is 28.9 Å². The van der Waals surface area contributed by atoms with Gasteiger partial charge in [0.25, 0.3) is 5.91 Å². The highest BCUT2D eigenvalue weighted by atomic mass is 16.2. The number of amides is 1. The van der Waals surface area contributed by atoms with Gasteiger partial charge in [-0.15, -0.1) is 0 Å². The van der Waals surface area contributed by atoms with E-state index in [0.29, 0.717) is 23.4 Å². The van der Waals surface area contributed by atoms with Crippen molar-refractivity contribution in [3.05, 3.63) is 82.3 Å². The predicted molar refractivity (Wildman–Crippen MR) is 118 cm³/mol. The summed E-state index contributed by atoms with van der Waals surface area (Å²) in [4.78, 5) is 30.9. The quantitative estimate of drug-likeness (QED) is 0.786. The zero-order valence-electron chi connectivity index (χ0n) is 17.9. The Morgan fingerprint density at radius 1 is 1.13 bits per heavy atom. The summed E-state index contributed by atoms with van der Waals surface area (Å²) in [5.41, 5.74) is 4.86. The van der Waals surface area contributed by atoms with Crippen LogP contribution >= 0.6 is 0 Å². The molecule has 1 aromatic carbocycles. The second-order valence-corrected chi connectivity index (χ2v) is 9.01. The minimum Gasteiger partial charge on any atom is -0.362 e. The summed E-state index contributed by atoms with van der Waals surface area (Å²) in [6, 6.07) is 13.5. The zero-order valence-corrected chi connectivity index (χ0v) is 17.9. The van der Waals surface area contributed by atoms with Crippen LogP contribution < -0.4 is 10.6 Å². The topological polar surface area (TPSA) is 71.1 Å². The lowest BCUT2D eigenvalue weighted by Gasteiger charge is -2.39. The van der Waals surface area contributed by atoms with Crippen LogP contribution in [0.4, 0.5) is 5.82 Å². The molecular weight excluding hydrogens is 374 g/mol. The Bertz CT molecular complexity index is 1080. The molecule has 1 aromatic heterocycles. The molecule has 30 heavy (non-hydrogen) atoms. The fourth-order valence-electron chi connectivity index (χ4n) is 4.50. The smallest absolute Gasteiger partial charge is 0.255 e. The maximum absolute atomic E-state index is 13.4. The summed E-state index contributed by atoms with van der Waals surface area (Å²) in [5.74, 6) is -0.0240. The monoisotopic (exact) mass is 401 g/mol. The van der Waals surface area contributed by atoms with E-state index in [2.05, 4.69) is 29.5 Å². The number of pyridine rings is 1. The lowest BCUT2D eigenvalue weighted by Crippen LogP contribution is -2.39. The van der Waals surface area contributed by atoms with Crippen molar-refractivity contribution in [3.63, 3.8) is 0 Å². The second-order valence-electron chi connectivity index (χ2n) is 9.01. The van der Waals surface area contributed by atoms with Crippen LogP contribution in [-0.4, -0.2) is 16.7 Å². The lowest BCUT2D eigenvalue weighted by atomic mass is 9.68. The first-order valence-electron chi connectivity index (χ1n) is 10.3. The molecule has 0 bridgehead atoms. The number of hydrogen-bond donors (Lipinski definition) is 2. The number of dihydropyridines is 1. The Balaban J connectivity index is 1.79. The number of allylic oxidation sites excluding steroid dienone is 3. The van der Waals surface area contributed by atoms with Crippen LogP contribution in [0.3, 0.4) is 0 Å². The average Bonchev–Trinajstić information content (AvgIpc) is 2.66. The number of ketones is 1. The van der Waals surface area contributed by atoms with Gasteiger partial charge in [-0.2, -0.15) is 0 Å². The number of carbonyl (C=O) groups is 2. The van der Waals surface area contributed by atoms with Gasteiger partial charge in [0.05, 0.1) is 0 Å². The third-order valence-corrected chi connectivity index (χ3v) is 5.77. The van der Waals surface area contributed by atoms with Crippen molar-refractivity contribution in [3.8, 4) is 0 Å². The molecule has 5 nitrogen and oxygen atoms in total. The highest BCUT2D eigenvalue weighted by Crippen LogP contribution is 2.46. The number of Topliss-reactive ketones (excluding diaryl/α,β-unsaturated/α-hetero) is 1. The third-order valence-electron chi connectivity index (χ3n) is 5.77. The van der Waals surface area contributed by atoms with E-state index in [1.165, 1.54) is 0 Å². The number of hydrogen-bond acceptors (Lipinski definition) is 4. The van der Waals surface area contributed by atoms with Gasteiger partial charge in [-0.3, -0.25) is 9.59 Å². The van der Waals surface area contributed by atoms with Gasteiger partial charge >= 0.3 is 0 Å². The number of anilines is 1. The van der Waals surface area contributed by atoms with Crippen LogP contribution in [0.5, 0.6) is 0 Å². The van der Waals surface area contributed by atoms with Crippen molar-refractivity contribution in [1.82, 2.24) is 10.3 Å². The molecular formula is C25H27N3O2. The zero-order chi connectivity index (χ0) is 21.5. The third kappa shape index (κ3) is 3.80. The lowest BCUT2D eigenvalue weighted by molar-refractivity contribution is -0.118. The molecule has 1 unspecified atom stereocenters. The molecule has 0 radical (unpaired) electrons. The van der Waals surface area contributed by atoms with E-state index in [4.69, 9.17) is 0 Å². The number of carbonyl (C=O) groups excluding carboxylic acids is 2. The molecule has 0 fully saturated rings. The maximum atomic E-state index is 13.4. The van der Waals surface area contributed by atoms with E-state index in [9.17, 15) is 9.59 Å². The molecule has 154 valence electrons. The SMILES string of the molecule is CC1=C(C(=O)Nc2cc(C)ccn2)C(c2ccccc2)C2=C(CC(C)(C)CC2=O)N1. The Kier molecular flexibility index (Phi) is 5.06. The largest absolute Gasteiger partial charge is 0.362 e. The first kappa shape index (κ1) is 20.1. The van der Waals surface area contributed by atoms with Crippen molar-refractivity contribution in [2.24, 2.45) is 5.41 Å². The Hall–Kier alpha value is -3.21. The van der Waals surface area contributed by atoms with Crippen molar-refractivity contribution >= 4 is 17.5 Å². The Morgan fingerprint density at radius 3 is 2.57 bits per heavy atom. The molecule has 1 atom stereocenters. The summed E-state index contributed by atoms with van der Waals surface area (Å²) >= 11 is 0. The van der Waals surface area contributed by atoms with Gasteiger partial charge in [-0.1, -0.05) is 44.2 Å². The van der Waals surface area contributed by atoms with Crippen LogP contribution in [-0.2, 0) is 9.59 Å². The summed E-state index contributed by atoms with van der Waals surface area (Å²) < 4.78 is 0. The van der Waals surface area contributed by atoms with Crippen molar-refractivity contribution in [1.29, 1.82) is 0 Å². The molecule has 0 saturated heterocycles. The number of benzene rings is 1. The average molecular weight is 402 g/mol. The van der Waals surface area contributed by atoms with Crippen LogP contribution in [0.1, 0.15) is 50.7 Å². The van der Waals surface area contributed by atoms with Gasteiger partial charge in [0.15, 0.2) is 5.78 Å². The van der Waals surface area contributed by atoms with Crippen LogP contribution in [0, 0.1) is 12.3 Å². The van der Waals surface area contributed by atoms with Gasteiger partial charge in [-0.25, -0.2) is 4.98 Å². The second kappa shape index (κ2) is 7.56. The Labute approximate surface area is 177 Å². The molecule has 2 heterocycles. The molecule has 5 heteroatoms. The molecule has 1 aliphatic carbocycles. The van der Waals surface area contributed by atoms with E-state index in [1.807, 2.05) is 56.3 Å². The fraction of sp³-hybridized carbons (Fsp3) is 0.320. The normalized spacial score (nSPS) is 20.5. The maximum Gasteiger partial charge on any atom is 0.255 e. The number of aryl methyl sites for hydroxylation is 1. The Morgan fingerprint density at radius 2 is 1.87 bits per heavy atom. The van der Waals surface area contributed by atoms with Gasteiger partial charge in [0.2, 0.25) is 0 Å². The standard InChI is InChI=1S/C25H27N3O2/c1-15-10-11-26-20(12-15)28-24(30)21-16(2)27-18-13-25(3,4)14-19(29)23(18)22(21)17-8-6-5-7-9-17/h5-12,22,27H,13-14H2,1-4H3,(H,26,28,30). The molecule has 1 amide bonds. The minimum absolute atomic E-state index is 0.102. The highest BCUT2D eigenvalue weighted by Gasteiger charge is 2.42. The molecule has 1 aliphatic heterocycles. The van der Waals surface area contributed by atoms with Gasteiger partial charge in [0, 0.05) is 41.1 Å². The molecule has 4 rings (SSSR count). The number of aromatic nitrogens is 1. The number of rotatable bonds is 3. The molecule has 2 N–H and O–H groups in total. The van der Waals surface area contributed by atoms with Crippen molar-refractivity contribution in [2.45, 2.75) is 46.5 Å². The summed E-state index contributed by atoms with van der Waals surface area (Å²) in [6.07, 6.45) is 2.93. The first-order valence-corrected chi connectivity index (χ1v) is 10.3. The van der Waals surface area contributed by atoms with Gasteiger partial charge < -0.3 is 10.6 Å². The molecule has 2 aliphatic rings. The fourth-order valence-corrected chi connectivity index (χ4v) is 4.50. The van der Waals surface area contributed by atoms with Crippen LogP contribution in [0.25, 0.3) is 0 Å². The summed E-state index contributed by atoms with van der Waals surface area (Å²) in [7, 11) is 0. The van der Waals surface area contributed by atoms with Gasteiger partial charge in [-0.05, 0) is 48.9 Å². The number of nitrogens with one attached hydrogen (secondary N) is 2. The molecule has 0 spiro atoms. The first-order chi connectivity index (χ1) is 14.2. The number of nitrogens with zero attached hydrogens (tertiary/aromatic N) is 1. The van der Waals surface area contributed by atoms with Crippen molar-refractivity contribution in [2.75, 3.05) is 5.32 Å². The van der Waals surface area contributed by atoms with Crippen molar-refractivity contribution < 1.29 is 9.59 Å². The van der Waals surface area contributed by atoms with E-state index in [-0.39, 0.29) is 17.1 Å². The van der Waals surface area contributed by atoms with Gasteiger partial charge in [0.1, 0.15) is 5.82 Å². The highest BCUT2D eigenvalue weighted by molar-refractivity contribution is 6.09. The van der Waals surface area contributed by atoms with Crippen LogP contribution in [0.15, 0.2) is 71.2 Å². The molecule has 0 saturated carbocycles. The predicted octanol–water partition coefficient (Wildman–Crippen LogP) is 4.63. The van der Waals surface area contributed by atoms with Crippen LogP contribution in [0.2, 0.25) is 0 Å². The minimum atomic E-state index is -0.393. The van der Waals surface area contributed by atoms with E-state index < -0.39 is 5.92 Å². The summed E-state index contributed by atoms with van der Waals surface area (Å²) in [6.45, 7) is 8.08. The van der Waals surface area contributed by atoms with E-state index >= 15 is 0 Å². The van der Waals surface area contributed by atoms with E-state index in [1.54, 1.807) is 6.20 Å². The summed E-state index contributed by atoms with van der Waals surface area (Å²) in [5, 5.41) is 6.32.